The first-order valence-electron chi connectivity index (χ1n) is 5.97. The first-order chi connectivity index (χ1) is 8.81. The van der Waals surface area contributed by atoms with Gasteiger partial charge < -0.3 is 4.72 Å². The highest BCUT2D eigenvalue weighted by Gasteiger charge is 2.10. The van der Waals surface area contributed by atoms with Gasteiger partial charge in [0.05, 0.1) is 6.20 Å². The monoisotopic (exact) mass is 260 g/mol. The summed E-state index contributed by atoms with van der Waals surface area (Å²) in [5, 5.41) is 0. The van der Waals surface area contributed by atoms with Gasteiger partial charge in [-0.3, -0.25) is 0 Å². The molecular formula is C14H13FN2S. The molecule has 1 aliphatic carbocycles. The zero-order valence-corrected chi connectivity index (χ0v) is 10.6. The van der Waals surface area contributed by atoms with Gasteiger partial charge in [0, 0.05) is 4.90 Å². The molecule has 0 amide bonds. The quantitative estimate of drug-likeness (QED) is 0.849. The van der Waals surface area contributed by atoms with E-state index in [4.69, 9.17) is 0 Å². The van der Waals surface area contributed by atoms with Gasteiger partial charge in [-0.2, -0.15) is 0 Å². The van der Waals surface area contributed by atoms with Crippen molar-refractivity contribution >= 4 is 17.8 Å². The maximum absolute atomic E-state index is 12.7. The Morgan fingerprint density at radius 2 is 2.00 bits per heavy atom. The molecule has 0 unspecified atom stereocenters. The maximum atomic E-state index is 12.7. The molecule has 2 aromatic rings. The minimum absolute atomic E-state index is 0.317. The van der Waals surface area contributed by atoms with Crippen LogP contribution in [0.15, 0.2) is 41.4 Å². The molecule has 92 valence electrons. The van der Waals surface area contributed by atoms with Crippen molar-refractivity contribution in [3.63, 3.8) is 0 Å². The van der Waals surface area contributed by atoms with Gasteiger partial charge in [-0.05, 0) is 66.6 Å². The van der Waals surface area contributed by atoms with Crippen LogP contribution < -0.4 is 4.72 Å². The fraction of sp³-hybridized carbons (Fsp3) is 0.214. The second kappa shape index (κ2) is 4.98. The normalized spacial score (nSPS) is 13.4. The van der Waals surface area contributed by atoms with Crippen LogP contribution in [0.2, 0.25) is 0 Å². The second-order valence-electron chi connectivity index (χ2n) is 4.35. The van der Waals surface area contributed by atoms with Crippen LogP contribution in [0.4, 0.5) is 10.2 Å². The molecule has 0 atom stereocenters. The Labute approximate surface area is 110 Å². The van der Waals surface area contributed by atoms with Crippen LogP contribution in [0.1, 0.15) is 17.5 Å². The van der Waals surface area contributed by atoms with E-state index in [0.29, 0.717) is 5.82 Å². The Balaban J connectivity index is 1.68. The first kappa shape index (κ1) is 11.5. The minimum Gasteiger partial charge on any atom is -0.310 e. The minimum atomic E-state index is -0.317. The number of nitrogens with zero attached hydrogens (tertiary/aromatic N) is 1. The number of halogens is 1. The molecular weight excluding hydrogens is 247 g/mol. The van der Waals surface area contributed by atoms with Crippen molar-refractivity contribution in [2.75, 3.05) is 4.72 Å². The van der Waals surface area contributed by atoms with E-state index in [2.05, 4.69) is 27.9 Å². The van der Waals surface area contributed by atoms with Gasteiger partial charge in [-0.15, -0.1) is 0 Å². The Morgan fingerprint density at radius 1 is 1.11 bits per heavy atom. The third-order valence-corrected chi connectivity index (χ3v) is 3.87. The molecule has 18 heavy (non-hydrogen) atoms. The molecule has 0 fully saturated rings. The number of fused-ring (bicyclic) bond motifs is 1. The molecule has 0 radical (unpaired) electrons. The van der Waals surface area contributed by atoms with Gasteiger partial charge >= 0.3 is 0 Å². The molecule has 1 N–H and O–H groups in total. The van der Waals surface area contributed by atoms with Crippen molar-refractivity contribution in [3.8, 4) is 0 Å². The van der Waals surface area contributed by atoms with Crippen LogP contribution in [-0.2, 0) is 12.8 Å². The summed E-state index contributed by atoms with van der Waals surface area (Å²) in [7, 11) is 0. The molecule has 0 saturated carbocycles. The summed E-state index contributed by atoms with van der Waals surface area (Å²) in [5.74, 6) is 0.352. The Kier molecular flexibility index (Phi) is 3.19. The van der Waals surface area contributed by atoms with Crippen LogP contribution in [-0.4, -0.2) is 4.98 Å². The van der Waals surface area contributed by atoms with E-state index >= 15 is 0 Å². The topological polar surface area (TPSA) is 24.9 Å². The van der Waals surface area contributed by atoms with Crippen LogP contribution in [0.25, 0.3) is 0 Å². The smallest absolute Gasteiger partial charge is 0.141 e. The summed E-state index contributed by atoms with van der Waals surface area (Å²) < 4.78 is 15.8. The fourth-order valence-corrected chi connectivity index (χ4v) is 2.84. The summed E-state index contributed by atoms with van der Waals surface area (Å²) >= 11 is 1.51. The highest BCUT2D eigenvalue weighted by Crippen LogP contribution is 2.27. The number of pyridine rings is 1. The summed E-state index contributed by atoms with van der Waals surface area (Å²) in [6.07, 6.45) is 4.85. The summed E-state index contributed by atoms with van der Waals surface area (Å²) in [5.41, 5.74) is 2.92. The van der Waals surface area contributed by atoms with Gasteiger partial charge in [0.1, 0.15) is 11.6 Å². The van der Waals surface area contributed by atoms with Crippen LogP contribution in [0.3, 0.4) is 0 Å². The fourth-order valence-electron chi connectivity index (χ4n) is 2.16. The number of aryl methyl sites for hydroxylation is 2. The third kappa shape index (κ3) is 2.48. The third-order valence-electron chi connectivity index (χ3n) is 3.07. The highest BCUT2D eigenvalue weighted by atomic mass is 32.2. The molecule has 0 saturated heterocycles. The van der Waals surface area contributed by atoms with E-state index in [1.807, 2.05) is 0 Å². The van der Waals surface area contributed by atoms with Crippen molar-refractivity contribution in [1.82, 2.24) is 4.98 Å². The Morgan fingerprint density at radius 3 is 2.83 bits per heavy atom. The first-order valence-corrected chi connectivity index (χ1v) is 6.79. The number of rotatable bonds is 3. The van der Waals surface area contributed by atoms with Gasteiger partial charge in [0.15, 0.2) is 0 Å². The average Bonchev–Trinajstić information content (AvgIpc) is 2.85. The number of hydrogen-bond donors (Lipinski definition) is 1. The zero-order valence-electron chi connectivity index (χ0n) is 9.82. The van der Waals surface area contributed by atoms with Crippen LogP contribution in [0, 0.1) is 5.82 Å². The molecule has 0 aliphatic heterocycles. The van der Waals surface area contributed by atoms with Gasteiger partial charge in [0.2, 0.25) is 0 Å². The number of nitrogens with one attached hydrogen (secondary N) is 1. The molecule has 2 nitrogen and oxygen atoms in total. The molecule has 4 heteroatoms. The van der Waals surface area contributed by atoms with Crippen molar-refractivity contribution in [2.45, 2.75) is 24.2 Å². The van der Waals surface area contributed by atoms with Crippen molar-refractivity contribution in [2.24, 2.45) is 0 Å². The lowest BCUT2D eigenvalue weighted by Crippen LogP contribution is -1.91. The largest absolute Gasteiger partial charge is 0.310 e. The molecule has 1 aromatic carbocycles. The van der Waals surface area contributed by atoms with Crippen molar-refractivity contribution in [3.05, 3.63) is 53.5 Å². The predicted molar refractivity (Wildman–Crippen MR) is 72.1 cm³/mol. The molecule has 1 aromatic heterocycles. The lowest BCUT2D eigenvalue weighted by atomic mass is 10.1. The number of anilines is 1. The van der Waals surface area contributed by atoms with E-state index in [9.17, 15) is 4.39 Å². The highest BCUT2D eigenvalue weighted by molar-refractivity contribution is 8.00. The van der Waals surface area contributed by atoms with Crippen molar-refractivity contribution in [1.29, 1.82) is 0 Å². The number of hydrogen-bond acceptors (Lipinski definition) is 3. The number of benzene rings is 1. The second-order valence-corrected chi connectivity index (χ2v) is 5.23. The van der Waals surface area contributed by atoms with Crippen LogP contribution >= 0.6 is 11.9 Å². The van der Waals surface area contributed by atoms with E-state index in [1.165, 1.54) is 59.5 Å². The van der Waals surface area contributed by atoms with Crippen LogP contribution in [0.5, 0.6) is 0 Å². The summed E-state index contributed by atoms with van der Waals surface area (Å²) in [4.78, 5) is 5.13. The van der Waals surface area contributed by atoms with E-state index in [1.54, 1.807) is 6.07 Å². The standard InChI is InChI=1S/C14H13FN2S/c15-12-5-7-14(16-9-12)17-18-13-6-4-10-2-1-3-11(10)8-13/h4-9H,1-3H2,(H,16,17). The van der Waals surface area contributed by atoms with E-state index < -0.39 is 0 Å². The molecule has 0 spiro atoms. The molecule has 1 heterocycles. The summed E-state index contributed by atoms with van der Waals surface area (Å²) in [6.45, 7) is 0. The molecule has 1 aliphatic rings. The molecule has 3 rings (SSSR count). The SMILES string of the molecule is Fc1ccc(NSc2ccc3c(c2)CCC3)nc1. The Hall–Kier alpha value is -1.55. The lowest BCUT2D eigenvalue weighted by molar-refractivity contribution is 0.622. The van der Waals surface area contributed by atoms with Gasteiger partial charge in [-0.25, -0.2) is 9.37 Å². The predicted octanol–water partition coefficient (Wildman–Crippen LogP) is 3.83. The van der Waals surface area contributed by atoms with E-state index in [-0.39, 0.29) is 5.82 Å². The zero-order chi connectivity index (χ0) is 12.4. The maximum Gasteiger partial charge on any atom is 0.141 e. The van der Waals surface area contributed by atoms with E-state index in [0.717, 1.165) is 0 Å². The van der Waals surface area contributed by atoms with Gasteiger partial charge in [0.25, 0.3) is 0 Å². The summed E-state index contributed by atoms with van der Waals surface area (Å²) in [6, 6.07) is 9.58. The number of aromatic nitrogens is 1. The molecule has 0 bridgehead atoms. The van der Waals surface area contributed by atoms with Crippen molar-refractivity contribution < 1.29 is 4.39 Å². The lowest BCUT2D eigenvalue weighted by Gasteiger charge is -2.06. The van der Waals surface area contributed by atoms with Gasteiger partial charge in [-0.1, -0.05) is 6.07 Å². The Bertz CT molecular complexity index is 554. The average molecular weight is 260 g/mol.